The van der Waals surface area contributed by atoms with Crippen molar-refractivity contribution in [1.82, 2.24) is 0 Å². The van der Waals surface area contributed by atoms with Crippen LogP contribution >= 0.6 is 0 Å². The van der Waals surface area contributed by atoms with Crippen LogP contribution < -0.4 is 58.2 Å². The van der Waals surface area contributed by atoms with Crippen molar-refractivity contribution in [1.29, 1.82) is 0 Å². The first kappa shape index (κ1) is 17.4. The Bertz CT molecular complexity index is 211. The molecular weight excluding hydrogens is 248 g/mol. The van der Waals surface area contributed by atoms with E-state index in [-0.39, 0.29) is 71.5 Å². The summed E-state index contributed by atoms with van der Waals surface area (Å²) in [7, 11) is 0. The third-order valence-corrected chi connectivity index (χ3v) is 2.25. The molecule has 1 heterocycles. The molecule has 2 aliphatic rings. The second-order valence-electron chi connectivity index (χ2n) is 2.91. The van der Waals surface area contributed by atoms with E-state index in [1.54, 1.807) is 0 Å². The molecule has 0 aromatic heterocycles. The van der Waals surface area contributed by atoms with Crippen molar-refractivity contribution in [2.45, 2.75) is 47.0 Å². The van der Waals surface area contributed by atoms with E-state index < -0.39 is 0 Å². The predicted molar refractivity (Wildman–Crippen MR) is 56.8 cm³/mol. The van der Waals surface area contributed by atoms with Gasteiger partial charge in [0, 0.05) is 0 Å². The van der Waals surface area contributed by atoms with E-state index in [2.05, 4.69) is 5.32 Å². The summed E-state index contributed by atoms with van der Waals surface area (Å²) in [6.45, 7) is 4.70. The minimum atomic E-state index is 0. The molecule has 0 aromatic carbocycles. The summed E-state index contributed by atoms with van der Waals surface area (Å²) in [5.41, 5.74) is 2.35. The van der Waals surface area contributed by atoms with Crippen molar-refractivity contribution in [2.24, 2.45) is 0 Å². The summed E-state index contributed by atoms with van der Waals surface area (Å²) in [5, 5.41) is 3.87. The minimum Gasteiger partial charge on any atom is -0.646 e. The second-order valence-corrected chi connectivity index (χ2v) is 2.91. The molecule has 76 valence electrons. The minimum absolute atomic E-state index is 0. The molecule has 1 aliphatic carbocycles. The molecule has 0 radical (unpaired) electrons. The average Bonchev–Trinajstić information content (AvgIpc) is 2.53. The monoisotopic (exact) mass is 267 g/mol. The molecule has 0 saturated heterocycles. The summed E-state index contributed by atoms with van der Waals surface area (Å²) in [5.74, 6) is 0.0645. The number of rotatable bonds is 0. The van der Waals surface area contributed by atoms with E-state index in [1.165, 1.54) is 18.4 Å². The van der Waals surface area contributed by atoms with Gasteiger partial charge in [-0.2, -0.15) is 0 Å². The molecule has 0 spiro atoms. The zero-order chi connectivity index (χ0) is 8.97. The smallest absolute Gasteiger partial charge is 0.646 e. The first-order valence-electron chi connectivity index (χ1n) is 4.80. The Kier molecular flexibility index (Phi) is 11.5. The molecule has 0 bridgehead atoms. The number of hydrogen-bond donors (Lipinski definition) is 0. The van der Waals surface area contributed by atoms with Gasteiger partial charge < -0.3 is 10.1 Å². The number of hydrogen-bond acceptors (Lipinski definition) is 1. The van der Waals surface area contributed by atoms with Gasteiger partial charge in [-0.3, -0.25) is 0 Å². The molecule has 0 aromatic rings. The maximum Gasteiger partial charge on any atom is 1.00 e. The zero-order valence-corrected chi connectivity index (χ0v) is 13.8. The van der Waals surface area contributed by atoms with Crippen molar-refractivity contribution in [3.05, 3.63) is 16.5 Å². The van der Waals surface area contributed by atoms with Crippen LogP contribution in [-0.2, 0) is 4.79 Å². The second kappa shape index (κ2) is 9.26. The number of carbonyl (C=O) groups is 1. The van der Waals surface area contributed by atoms with Crippen molar-refractivity contribution < 1.29 is 63.0 Å². The molecular formula is C11H20NORb. The Labute approximate surface area is 137 Å². The first-order chi connectivity index (χ1) is 5.88. The maximum atomic E-state index is 11.0. The molecule has 0 saturated carbocycles. The normalized spacial score (nSPS) is 18.0. The molecule has 1 aliphatic heterocycles. The van der Waals surface area contributed by atoms with Gasteiger partial charge in [-0.1, -0.05) is 26.8 Å². The number of nitrogens with zero attached hydrogens (tertiary/aromatic N) is 1. The standard InChI is InChI=1S/C8H11NO.C2H6.CH4.Rb/c10-8-7-4-2-1-3-6(7)5-9-8;1-2;;/h1-5H2,(H,9,10);1-2H3;1H4;/q;;;+1/p-1. The molecule has 2 rings (SSSR count). The van der Waals surface area contributed by atoms with Crippen LogP contribution in [0.2, 0.25) is 0 Å². The van der Waals surface area contributed by atoms with Crippen LogP contribution in [0.4, 0.5) is 0 Å². The zero-order valence-electron chi connectivity index (χ0n) is 8.89. The van der Waals surface area contributed by atoms with Crippen molar-refractivity contribution in [2.75, 3.05) is 6.54 Å². The Balaban J connectivity index is 0. The summed E-state index contributed by atoms with van der Waals surface area (Å²) >= 11 is 0. The SMILES string of the molecule is C.CC.O=C1[N-]CC2=C1CCCC2.[Rb+]. The van der Waals surface area contributed by atoms with Crippen LogP contribution in [0.1, 0.15) is 47.0 Å². The number of amides is 1. The molecule has 0 N–H and O–H groups in total. The Morgan fingerprint density at radius 2 is 1.71 bits per heavy atom. The molecule has 14 heavy (non-hydrogen) atoms. The Morgan fingerprint density at radius 1 is 1.14 bits per heavy atom. The van der Waals surface area contributed by atoms with E-state index in [9.17, 15) is 4.79 Å². The molecule has 1 amide bonds. The van der Waals surface area contributed by atoms with E-state index >= 15 is 0 Å². The Morgan fingerprint density at radius 3 is 2.29 bits per heavy atom. The van der Waals surface area contributed by atoms with E-state index in [4.69, 9.17) is 0 Å². The van der Waals surface area contributed by atoms with E-state index in [1.807, 2.05) is 13.8 Å². The molecule has 2 nitrogen and oxygen atoms in total. The van der Waals surface area contributed by atoms with E-state index in [0.29, 0.717) is 6.54 Å². The molecule has 0 fully saturated rings. The average molecular weight is 268 g/mol. The van der Waals surface area contributed by atoms with Gasteiger partial charge in [0.1, 0.15) is 0 Å². The van der Waals surface area contributed by atoms with Crippen LogP contribution in [0, 0.1) is 0 Å². The summed E-state index contributed by atoms with van der Waals surface area (Å²) < 4.78 is 0. The third kappa shape index (κ3) is 4.25. The third-order valence-electron chi connectivity index (χ3n) is 2.25. The van der Waals surface area contributed by atoms with Crippen LogP contribution in [0.5, 0.6) is 0 Å². The van der Waals surface area contributed by atoms with Crippen molar-refractivity contribution >= 4 is 5.91 Å². The topological polar surface area (TPSA) is 31.2 Å². The van der Waals surface area contributed by atoms with Crippen LogP contribution in [0.25, 0.3) is 5.32 Å². The van der Waals surface area contributed by atoms with Gasteiger partial charge >= 0.3 is 58.2 Å². The van der Waals surface area contributed by atoms with E-state index in [0.717, 1.165) is 18.4 Å². The fourth-order valence-electron chi connectivity index (χ4n) is 1.66. The van der Waals surface area contributed by atoms with Gasteiger partial charge in [-0.25, -0.2) is 0 Å². The van der Waals surface area contributed by atoms with Gasteiger partial charge in [0.15, 0.2) is 0 Å². The fourth-order valence-corrected chi connectivity index (χ4v) is 1.66. The van der Waals surface area contributed by atoms with Crippen LogP contribution in [-0.4, -0.2) is 12.5 Å². The molecule has 0 atom stereocenters. The van der Waals surface area contributed by atoms with Gasteiger partial charge in [0.2, 0.25) is 0 Å². The maximum absolute atomic E-state index is 11.0. The van der Waals surface area contributed by atoms with Crippen LogP contribution in [0.15, 0.2) is 11.1 Å². The number of carbonyl (C=O) groups excluding carboxylic acids is 1. The summed E-state index contributed by atoms with van der Waals surface area (Å²) in [6.07, 6.45) is 4.53. The Hall–Kier alpha value is 1.02. The predicted octanol–water partition coefficient (Wildman–Crippen LogP) is 0.437. The fraction of sp³-hybridized carbons (Fsp3) is 0.727. The van der Waals surface area contributed by atoms with Gasteiger partial charge in [0.05, 0.1) is 5.91 Å². The van der Waals surface area contributed by atoms with Crippen molar-refractivity contribution in [3.8, 4) is 0 Å². The quantitative estimate of drug-likeness (QED) is 0.627. The van der Waals surface area contributed by atoms with Crippen LogP contribution in [0.3, 0.4) is 0 Å². The van der Waals surface area contributed by atoms with Gasteiger partial charge in [0.25, 0.3) is 0 Å². The van der Waals surface area contributed by atoms with Gasteiger partial charge in [-0.15, -0.1) is 6.54 Å². The first-order valence-corrected chi connectivity index (χ1v) is 4.80. The molecule has 3 heteroatoms. The summed E-state index contributed by atoms with van der Waals surface area (Å²) in [4.78, 5) is 11.0. The van der Waals surface area contributed by atoms with Gasteiger partial charge in [-0.05, 0) is 31.3 Å². The summed E-state index contributed by atoms with van der Waals surface area (Å²) in [6, 6.07) is 0. The largest absolute Gasteiger partial charge is 1.00 e. The van der Waals surface area contributed by atoms with Crippen molar-refractivity contribution in [3.63, 3.8) is 0 Å². The molecule has 0 unspecified atom stereocenters.